The Morgan fingerprint density at radius 1 is 1.00 bits per heavy atom. The number of thioether (sulfide) groups is 1. The summed E-state index contributed by atoms with van der Waals surface area (Å²) in [5, 5.41) is 11.8. The van der Waals surface area contributed by atoms with Gasteiger partial charge in [0.15, 0.2) is 0 Å². The predicted molar refractivity (Wildman–Crippen MR) is 103 cm³/mol. The van der Waals surface area contributed by atoms with E-state index >= 15 is 0 Å². The molecule has 0 unspecified atom stereocenters. The predicted octanol–water partition coefficient (Wildman–Crippen LogP) is 4.58. The highest BCUT2D eigenvalue weighted by atomic mass is 32.2. The zero-order valence-corrected chi connectivity index (χ0v) is 15.1. The Kier molecular flexibility index (Phi) is 5.96. The minimum Gasteiger partial charge on any atom is -0.325 e. The summed E-state index contributed by atoms with van der Waals surface area (Å²) in [6, 6.07) is 17.6. The van der Waals surface area contributed by atoms with E-state index in [0.29, 0.717) is 10.7 Å². The molecule has 0 spiro atoms. The third-order valence-corrected chi connectivity index (χ3v) is 4.70. The third kappa shape index (κ3) is 4.89. The molecule has 6 heteroatoms. The molecule has 0 fully saturated rings. The van der Waals surface area contributed by atoms with Gasteiger partial charge in [0.25, 0.3) is 0 Å². The molecule has 1 N–H and O–H groups in total. The number of aromatic nitrogens is 2. The van der Waals surface area contributed by atoms with Crippen molar-refractivity contribution in [2.75, 3.05) is 11.1 Å². The lowest BCUT2D eigenvalue weighted by molar-refractivity contribution is -0.113. The van der Waals surface area contributed by atoms with E-state index in [9.17, 15) is 9.18 Å². The zero-order valence-electron chi connectivity index (χ0n) is 14.3. The third-order valence-electron chi connectivity index (χ3n) is 3.78. The molecule has 1 aromatic heterocycles. The molecule has 0 saturated carbocycles. The number of benzene rings is 2. The average molecular weight is 367 g/mol. The Balaban J connectivity index is 1.55. The fourth-order valence-electron chi connectivity index (χ4n) is 2.33. The molecule has 0 aliphatic rings. The van der Waals surface area contributed by atoms with Gasteiger partial charge in [-0.25, -0.2) is 4.39 Å². The maximum Gasteiger partial charge on any atom is 0.234 e. The molecule has 1 heterocycles. The van der Waals surface area contributed by atoms with Crippen LogP contribution in [0, 0.1) is 5.82 Å². The molecule has 0 atom stereocenters. The van der Waals surface area contributed by atoms with Gasteiger partial charge in [0.05, 0.1) is 11.4 Å². The number of carbonyl (C=O) groups is 1. The summed E-state index contributed by atoms with van der Waals surface area (Å²) in [6.07, 6.45) is 1.00. The maximum absolute atomic E-state index is 12.9. The van der Waals surface area contributed by atoms with Gasteiger partial charge in [0, 0.05) is 11.3 Å². The van der Waals surface area contributed by atoms with Crippen molar-refractivity contribution < 1.29 is 9.18 Å². The highest BCUT2D eigenvalue weighted by Gasteiger charge is 2.06. The lowest BCUT2D eigenvalue weighted by Gasteiger charge is -2.05. The fraction of sp³-hybridized carbons (Fsp3) is 0.150. The molecule has 26 heavy (non-hydrogen) atoms. The van der Waals surface area contributed by atoms with Crippen LogP contribution in [-0.4, -0.2) is 21.9 Å². The van der Waals surface area contributed by atoms with Crippen molar-refractivity contribution >= 4 is 23.4 Å². The van der Waals surface area contributed by atoms with Crippen molar-refractivity contribution in [1.82, 2.24) is 10.2 Å². The minimum absolute atomic E-state index is 0.178. The Morgan fingerprint density at radius 3 is 2.35 bits per heavy atom. The van der Waals surface area contributed by atoms with Gasteiger partial charge >= 0.3 is 0 Å². The minimum atomic E-state index is -0.336. The molecule has 0 bridgehead atoms. The number of nitrogens with zero attached hydrogens (tertiary/aromatic N) is 2. The number of amides is 1. The maximum atomic E-state index is 12.9. The van der Waals surface area contributed by atoms with Gasteiger partial charge in [-0.15, -0.1) is 10.2 Å². The van der Waals surface area contributed by atoms with Gasteiger partial charge < -0.3 is 5.32 Å². The topological polar surface area (TPSA) is 54.9 Å². The second-order valence-electron chi connectivity index (χ2n) is 5.65. The summed E-state index contributed by atoms with van der Waals surface area (Å²) in [6.45, 7) is 2.12. The highest BCUT2D eigenvalue weighted by Crippen LogP contribution is 2.20. The van der Waals surface area contributed by atoms with Crippen molar-refractivity contribution in [3.05, 3.63) is 72.0 Å². The van der Waals surface area contributed by atoms with Gasteiger partial charge in [-0.3, -0.25) is 4.79 Å². The van der Waals surface area contributed by atoms with Crippen molar-refractivity contribution in [2.45, 2.75) is 18.4 Å². The van der Waals surface area contributed by atoms with Crippen LogP contribution in [0.3, 0.4) is 0 Å². The van der Waals surface area contributed by atoms with Crippen LogP contribution in [0.4, 0.5) is 10.1 Å². The van der Waals surface area contributed by atoms with Crippen LogP contribution in [0.1, 0.15) is 12.5 Å². The van der Waals surface area contributed by atoms with Gasteiger partial charge in [-0.1, -0.05) is 43.0 Å². The molecule has 132 valence electrons. The number of nitrogens with one attached hydrogen (secondary N) is 1. The van der Waals surface area contributed by atoms with Gasteiger partial charge in [-0.05, 0) is 48.4 Å². The van der Waals surface area contributed by atoms with Crippen molar-refractivity contribution in [1.29, 1.82) is 0 Å². The second kappa shape index (κ2) is 8.58. The fourth-order valence-corrected chi connectivity index (χ4v) is 2.95. The summed E-state index contributed by atoms with van der Waals surface area (Å²) in [4.78, 5) is 11.9. The molecule has 2 aromatic carbocycles. The van der Waals surface area contributed by atoms with Crippen molar-refractivity contribution in [2.24, 2.45) is 0 Å². The summed E-state index contributed by atoms with van der Waals surface area (Å²) < 4.78 is 12.9. The smallest absolute Gasteiger partial charge is 0.234 e. The van der Waals surface area contributed by atoms with E-state index in [0.717, 1.165) is 17.7 Å². The first kappa shape index (κ1) is 18.1. The average Bonchev–Trinajstić information content (AvgIpc) is 2.69. The first-order valence-electron chi connectivity index (χ1n) is 8.25. The number of carbonyl (C=O) groups excluding carboxylic acids is 1. The summed E-state index contributed by atoms with van der Waals surface area (Å²) in [7, 11) is 0. The van der Waals surface area contributed by atoms with E-state index in [1.165, 1.54) is 41.6 Å². The molecule has 1 amide bonds. The zero-order chi connectivity index (χ0) is 18.4. The Bertz CT molecular complexity index is 865. The number of anilines is 1. The largest absolute Gasteiger partial charge is 0.325 e. The van der Waals surface area contributed by atoms with Crippen LogP contribution >= 0.6 is 11.8 Å². The first-order chi connectivity index (χ1) is 12.6. The van der Waals surface area contributed by atoms with Crippen LogP contribution in [0.2, 0.25) is 0 Å². The van der Waals surface area contributed by atoms with Gasteiger partial charge in [0.2, 0.25) is 5.91 Å². The molecular weight excluding hydrogens is 349 g/mol. The van der Waals surface area contributed by atoms with E-state index in [-0.39, 0.29) is 17.5 Å². The molecule has 3 rings (SSSR count). The molecular formula is C20H18FN3OS. The SMILES string of the molecule is CCc1ccc(-c2ccc(SCC(=O)Nc3ccc(F)cc3)nn2)cc1. The normalized spacial score (nSPS) is 10.5. The molecule has 0 saturated heterocycles. The Labute approximate surface area is 155 Å². The van der Waals surface area contributed by atoms with Crippen LogP contribution in [0.5, 0.6) is 0 Å². The number of hydrogen-bond acceptors (Lipinski definition) is 4. The lowest BCUT2D eigenvalue weighted by atomic mass is 10.1. The van der Waals surface area contributed by atoms with Crippen LogP contribution in [0.15, 0.2) is 65.7 Å². The Morgan fingerprint density at radius 2 is 1.73 bits per heavy atom. The number of aryl methyl sites for hydroxylation is 1. The van der Waals surface area contributed by atoms with E-state index < -0.39 is 0 Å². The first-order valence-corrected chi connectivity index (χ1v) is 9.24. The number of hydrogen-bond donors (Lipinski definition) is 1. The summed E-state index contributed by atoms with van der Waals surface area (Å²) in [5.74, 6) is -0.309. The van der Waals surface area contributed by atoms with E-state index in [1.54, 1.807) is 0 Å². The van der Waals surface area contributed by atoms with Crippen LogP contribution in [-0.2, 0) is 11.2 Å². The molecule has 0 aliphatic heterocycles. The lowest BCUT2D eigenvalue weighted by Crippen LogP contribution is -2.14. The van der Waals surface area contributed by atoms with E-state index in [1.807, 2.05) is 24.3 Å². The van der Waals surface area contributed by atoms with E-state index in [2.05, 4.69) is 34.6 Å². The van der Waals surface area contributed by atoms with Crippen molar-refractivity contribution in [3.63, 3.8) is 0 Å². The number of rotatable bonds is 6. The van der Waals surface area contributed by atoms with Crippen LogP contribution < -0.4 is 5.32 Å². The van der Waals surface area contributed by atoms with E-state index in [4.69, 9.17) is 0 Å². The van der Waals surface area contributed by atoms with Crippen molar-refractivity contribution in [3.8, 4) is 11.3 Å². The Hall–Kier alpha value is -2.73. The molecule has 4 nitrogen and oxygen atoms in total. The van der Waals surface area contributed by atoms with Gasteiger partial charge in [0.1, 0.15) is 10.8 Å². The second-order valence-corrected chi connectivity index (χ2v) is 6.65. The monoisotopic (exact) mass is 367 g/mol. The van der Waals surface area contributed by atoms with Crippen LogP contribution in [0.25, 0.3) is 11.3 Å². The molecule has 0 radical (unpaired) electrons. The highest BCUT2D eigenvalue weighted by molar-refractivity contribution is 7.99. The summed E-state index contributed by atoms with van der Waals surface area (Å²) in [5.41, 5.74) is 3.66. The summed E-state index contributed by atoms with van der Waals surface area (Å²) >= 11 is 1.30. The standard InChI is InChI=1S/C20H18FN3OS/c1-2-14-3-5-15(6-4-14)18-11-12-20(24-23-18)26-13-19(25)22-17-9-7-16(21)8-10-17/h3-12H,2,13H2,1H3,(H,22,25). The van der Waals surface area contributed by atoms with Gasteiger partial charge in [-0.2, -0.15) is 0 Å². The number of halogens is 1. The molecule has 0 aliphatic carbocycles. The molecule has 3 aromatic rings. The quantitative estimate of drug-likeness (QED) is 0.648.